The molecule has 0 radical (unpaired) electrons. The molecule has 2 aromatic heterocycles. The number of aryl methyl sites for hydroxylation is 1. The number of imidazole rings is 1. The first-order valence-electron chi connectivity index (χ1n) is 4.48. The molecule has 0 aliphatic heterocycles. The van der Waals surface area contributed by atoms with E-state index >= 15 is 0 Å². The van der Waals surface area contributed by atoms with E-state index in [9.17, 15) is 0 Å². The van der Waals surface area contributed by atoms with Crippen LogP contribution in [0.3, 0.4) is 0 Å². The van der Waals surface area contributed by atoms with Gasteiger partial charge in [0.1, 0.15) is 11.9 Å². The van der Waals surface area contributed by atoms with Crippen LogP contribution in [0.25, 0.3) is 0 Å². The predicted octanol–water partition coefficient (Wildman–Crippen LogP) is 0.240. The van der Waals surface area contributed by atoms with Crippen molar-refractivity contribution >= 4 is 0 Å². The molecule has 0 aromatic carbocycles. The van der Waals surface area contributed by atoms with Gasteiger partial charge in [-0.05, 0) is 6.92 Å². The maximum Gasteiger partial charge on any atom is 0.213 e. The van der Waals surface area contributed by atoms with E-state index in [1.807, 2.05) is 24.6 Å². The molecule has 6 nitrogen and oxygen atoms in total. The van der Waals surface area contributed by atoms with Crippen molar-refractivity contribution in [3.63, 3.8) is 0 Å². The molecule has 2 rings (SSSR count). The van der Waals surface area contributed by atoms with Crippen molar-refractivity contribution in [2.45, 2.75) is 13.5 Å². The Hall–Kier alpha value is -2.16. The topological polar surface area (TPSA) is 72.3 Å². The molecule has 0 bridgehead atoms. The summed E-state index contributed by atoms with van der Waals surface area (Å²) in [4.78, 5) is 3.91. The zero-order valence-corrected chi connectivity index (χ0v) is 8.55. The Bertz CT molecular complexity index is 515. The predicted molar refractivity (Wildman–Crippen MR) is 51.8 cm³/mol. The second kappa shape index (κ2) is 3.53. The molecule has 0 aliphatic rings. The van der Waals surface area contributed by atoms with E-state index in [4.69, 9.17) is 5.26 Å². The van der Waals surface area contributed by atoms with E-state index < -0.39 is 0 Å². The Balaban J connectivity index is 2.30. The maximum absolute atomic E-state index is 8.78. The number of nitriles is 1. The largest absolute Gasteiger partial charge is 0.317 e. The van der Waals surface area contributed by atoms with Crippen molar-refractivity contribution in [3.8, 4) is 6.07 Å². The van der Waals surface area contributed by atoms with Crippen LogP contribution in [0.4, 0.5) is 0 Å². The number of nitrogens with zero attached hydrogens (tertiary/aromatic N) is 6. The lowest BCUT2D eigenvalue weighted by Crippen LogP contribution is -2.07. The summed E-state index contributed by atoms with van der Waals surface area (Å²) in [5.41, 5.74) is 0. The Kier molecular flexibility index (Phi) is 2.21. The van der Waals surface area contributed by atoms with Gasteiger partial charge >= 0.3 is 0 Å². The summed E-state index contributed by atoms with van der Waals surface area (Å²) >= 11 is 0. The fraction of sp³-hybridized carbons (Fsp3) is 0.333. The first-order chi connectivity index (χ1) is 7.22. The van der Waals surface area contributed by atoms with Gasteiger partial charge in [0.25, 0.3) is 0 Å². The standard InChI is InChI=1S/C9H10N6/c1-7-12-13-9(14(7)2)6-15-4-3-11-8(15)5-10/h3-4H,6H2,1-2H3. The molecule has 0 aliphatic carbocycles. The van der Waals surface area contributed by atoms with E-state index in [-0.39, 0.29) is 0 Å². The molecule has 15 heavy (non-hydrogen) atoms. The highest BCUT2D eigenvalue weighted by Crippen LogP contribution is 2.03. The molecule has 0 unspecified atom stereocenters. The zero-order valence-electron chi connectivity index (χ0n) is 8.55. The lowest BCUT2D eigenvalue weighted by atomic mass is 10.5. The third kappa shape index (κ3) is 1.59. The number of aromatic nitrogens is 5. The van der Waals surface area contributed by atoms with Gasteiger partial charge in [0, 0.05) is 19.4 Å². The molecule has 0 saturated heterocycles. The van der Waals surface area contributed by atoms with E-state index in [1.54, 1.807) is 17.0 Å². The van der Waals surface area contributed by atoms with Gasteiger partial charge in [0.2, 0.25) is 5.82 Å². The van der Waals surface area contributed by atoms with Crippen molar-refractivity contribution in [2.24, 2.45) is 7.05 Å². The van der Waals surface area contributed by atoms with Crippen LogP contribution in [0.1, 0.15) is 17.5 Å². The van der Waals surface area contributed by atoms with E-state index in [2.05, 4.69) is 15.2 Å². The molecular formula is C9H10N6. The summed E-state index contributed by atoms with van der Waals surface area (Å²) in [7, 11) is 1.90. The minimum atomic E-state index is 0.385. The Morgan fingerprint density at radius 2 is 2.27 bits per heavy atom. The second-order valence-corrected chi connectivity index (χ2v) is 3.21. The Morgan fingerprint density at radius 1 is 1.47 bits per heavy atom. The van der Waals surface area contributed by atoms with Crippen LogP contribution < -0.4 is 0 Å². The van der Waals surface area contributed by atoms with Crippen molar-refractivity contribution in [3.05, 3.63) is 29.9 Å². The van der Waals surface area contributed by atoms with Crippen LogP contribution in [0.2, 0.25) is 0 Å². The van der Waals surface area contributed by atoms with Crippen LogP contribution in [-0.2, 0) is 13.6 Å². The highest BCUT2D eigenvalue weighted by Gasteiger charge is 2.08. The SMILES string of the molecule is Cc1nnc(Cn2ccnc2C#N)n1C. The first-order valence-corrected chi connectivity index (χ1v) is 4.48. The van der Waals surface area contributed by atoms with Gasteiger partial charge < -0.3 is 9.13 Å². The molecule has 6 heteroatoms. The monoisotopic (exact) mass is 202 g/mol. The second-order valence-electron chi connectivity index (χ2n) is 3.21. The van der Waals surface area contributed by atoms with Crippen LogP contribution in [0.15, 0.2) is 12.4 Å². The number of hydrogen-bond donors (Lipinski definition) is 0. The van der Waals surface area contributed by atoms with Gasteiger partial charge in [-0.1, -0.05) is 0 Å². The summed E-state index contributed by atoms with van der Waals surface area (Å²) in [6.07, 6.45) is 3.35. The molecule has 0 saturated carbocycles. The third-order valence-corrected chi connectivity index (χ3v) is 2.31. The van der Waals surface area contributed by atoms with Gasteiger partial charge in [-0.3, -0.25) is 0 Å². The lowest BCUT2D eigenvalue weighted by Gasteiger charge is -2.03. The fourth-order valence-corrected chi connectivity index (χ4v) is 1.29. The molecule has 0 atom stereocenters. The quantitative estimate of drug-likeness (QED) is 0.699. The maximum atomic E-state index is 8.78. The van der Waals surface area contributed by atoms with Gasteiger partial charge in [-0.25, -0.2) is 4.98 Å². The molecule has 0 fully saturated rings. The third-order valence-electron chi connectivity index (χ3n) is 2.31. The van der Waals surface area contributed by atoms with Gasteiger partial charge in [0.15, 0.2) is 5.82 Å². The van der Waals surface area contributed by atoms with Crippen molar-refractivity contribution in [1.82, 2.24) is 24.3 Å². The molecule has 2 heterocycles. The fourth-order valence-electron chi connectivity index (χ4n) is 1.29. The van der Waals surface area contributed by atoms with Gasteiger partial charge in [-0.15, -0.1) is 10.2 Å². The minimum absolute atomic E-state index is 0.385. The normalized spacial score (nSPS) is 10.2. The van der Waals surface area contributed by atoms with E-state index in [0.29, 0.717) is 12.4 Å². The summed E-state index contributed by atoms with van der Waals surface area (Å²) < 4.78 is 3.63. The van der Waals surface area contributed by atoms with Gasteiger partial charge in [-0.2, -0.15) is 5.26 Å². The van der Waals surface area contributed by atoms with Crippen LogP contribution in [0, 0.1) is 18.3 Å². The van der Waals surface area contributed by atoms with Crippen LogP contribution >= 0.6 is 0 Å². The smallest absolute Gasteiger partial charge is 0.213 e. The van der Waals surface area contributed by atoms with Gasteiger partial charge in [0.05, 0.1) is 6.54 Å². The first kappa shape index (κ1) is 9.40. The molecule has 0 amide bonds. The summed E-state index contributed by atoms with van der Waals surface area (Å²) in [6.45, 7) is 2.40. The summed E-state index contributed by atoms with van der Waals surface area (Å²) in [6, 6.07) is 2.02. The minimum Gasteiger partial charge on any atom is -0.317 e. The highest BCUT2D eigenvalue weighted by atomic mass is 15.3. The molecule has 0 spiro atoms. The number of rotatable bonds is 2. The molecule has 76 valence electrons. The highest BCUT2D eigenvalue weighted by molar-refractivity contribution is 5.12. The Labute approximate surface area is 86.8 Å². The average Bonchev–Trinajstić information content (AvgIpc) is 2.80. The van der Waals surface area contributed by atoms with Crippen LogP contribution in [0.5, 0.6) is 0 Å². The summed E-state index contributed by atoms with van der Waals surface area (Å²) in [5.74, 6) is 2.04. The molecular weight excluding hydrogens is 192 g/mol. The zero-order chi connectivity index (χ0) is 10.8. The average molecular weight is 202 g/mol. The van der Waals surface area contributed by atoms with Crippen LogP contribution in [-0.4, -0.2) is 24.3 Å². The van der Waals surface area contributed by atoms with E-state index in [0.717, 1.165) is 11.6 Å². The lowest BCUT2D eigenvalue weighted by molar-refractivity contribution is 0.684. The van der Waals surface area contributed by atoms with Crippen molar-refractivity contribution < 1.29 is 0 Å². The molecule has 0 N–H and O–H groups in total. The van der Waals surface area contributed by atoms with Crippen molar-refractivity contribution in [2.75, 3.05) is 0 Å². The summed E-state index contributed by atoms with van der Waals surface area (Å²) in [5, 5.41) is 16.8. The van der Waals surface area contributed by atoms with Crippen molar-refractivity contribution in [1.29, 1.82) is 5.26 Å². The molecule has 2 aromatic rings. The van der Waals surface area contributed by atoms with E-state index in [1.165, 1.54) is 0 Å². The number of hydrogen-bond acceptors (Lipinski definition) is 4. The Morgan fingerprint density at radius 3 is 2.87 bits per heavy atom.